The van der Waals surface area contributed by atoms with Gasteiger partial charge in [0.2, 0.25) is 0 Å². The van der Waals surface area contributed by atoms with Crippen LogP contribution < -0.4 is 0 Å². The van der Waals surface area contributed by atoms with Crippen LogP contribution in [0.5, 0.6) is 0 Å². The number of alkyl halides is 2. The first kappa shape index (κ1) is 15.2. The molecule has 0 N–H and O–H groups in total. The Morgan fingerprint density at radius 1 is 1.26 bits per heavy atom. The lowest BCUT2D eigenvalue weighted by Crippen LogP contribution is -2.36. The first-order chi connectivity index (χ1) is 8.75. The second-order valence-corrected chi connectivity index (χ2v) is 4.75. The van der Waals surface area contributed by atoms with E-state index in [0.29, 0.717) is 0 Å². The number of ether oxygens (including phenoxy) is 1. The van der Waals surface area contributed by atoms with E-state index in [0.717, 1.165) is 5.56 Å². The Morgan fingerprint density at radius 2 is 1.84 bits per heavy atom. The highest BCUT2D eigenvalue weighted by atomic mass is 32.3. The van der Waals surface area contributed by atoms with Crippen molar-refractivity contribution in [3.05, 3.63) is 42.0 Å². The lowest BCUT2D eigenvalue weighted by molar-refractivity contribution is -0.159. The lowest BCUT2D eigenvalue weighted by atomic mass is 10.2. The molecular formula is C11H9F3O4S. The summed E-state index contributed by atoms with van der Waals surface area (Å²) in [6.07, 6.45) is 2.68. The topological polar surface area (TPSA) is 60.4 Å². The first-order valence-electron chi connectivity index (χ1n) is 4.96. The maximum atomic E-state index is 12.6. The van der Waals surface area contributed by atoms with Crippen LogP contribution in [0.15, 0.2) is 36.4 Å². The van der Waals surface area contributed by atoms with Gasteiger partial charge in [0.25, 0.3) is 0 Å². The Hall–Kier alpha value is -1.83. The van der Waals surface area contributed by atoms with Crippen LogP contribution in [-0.2, 0) is 19.8 Å². The summed E-state index contributed by atoms with van der Waals surface area (Å²) < 4.78 is 61.3. The van der Waals surface area contributed by atoms with Crippen LogP contribution in [-0.4, -0.2) is 26.2 Å². The standard InChI is InChI=1S/C11H9F3O4S/c12-11(13,19(14,16)17)10(15)18-8-4-7-9-5-2-1-3-6-9/h1-7H,8H2/b7-4+. The molecule has 1 rings (SSSR count). The maximum Gasteiger partial charge on any atom is 0.470 e. The molecule has 0 atom stereocenters. The number of halogens is 3. The third-order valence-corrected chi connectivity index (χ3v) is 2.74. The zero-order chi connectivity index (χ0) is 14.5. The van der Waals surface area contributed by atoms with Crippen molar-refractivity contribution >= 4 is 22.3 Å². The van der Waals surface area contributed by atoms with E-state index in [1.165, 1.54) is 12.2 Å². The summed E-state index contributed by atoms with van der Waals surface area (Å²) in [4.78, 5) is 10.7. The Morgan fingerprint density at radius 3 is 2.37 bits per heavy atom. The molecule has 0 radical (unpaired) electrons. The van der Waals surface area contributed by atoms with Crippen LogP contribution in [0.4, 0.5) is 12.7 Å². The van der Waals surface area contributed by atoms with Crippen molar-refractivity contribution < 1.29 is 30.6 Å². The van der Waals surface area contributed by atoms with E-state index < -0.39 is 28.1 Å². The van der Waals surface area contributed by atoms with E-state index in [4.69, 9.17) is 0 Å². The molecule has 4 nitrogen and oxygen atoms in total. The Labute approximate surface area is 107 Å². The van der Waals surface area contributed by atoms with Gasteiger partial charge in [-0.1, -0.05) is 40.3 Å². The molecule has 0 heterocycles. The van der Waals surface area contributed by atoms with Gasteiger partial charge < -0.3 is 4.74 Å². The van der Waals surface area contributed by atoms with E-state index in [2.05, 4.69) is 4.74 Å². The molecule has 0 fully saturated rings. The lowest BCUT2D eigenvalue weighted by Gasteiger charge is -2.09. The Kier molecular flexibility index (Phi) is 4.71. The summed E-state index contributed by atoms with van der Waals surface area (Å²) in [5.74, 6) is -2.45. The van der Waals surface area contributed by atoms with Crippen LogP contribution in [0.2, 0.25) is 0 Å². The minimum atomic E-state index is -6.32. The summed E-state index contributed by atoms with van der Waals surface area (Å²) in [5, 5.41) is -5.19. The predicted molar refractivity (Wildman–Crippen MR) is 61.4 cm³/mol. The second-order valence-electron chi connectivity index (χ2n) is 3.37. The Bertz CT molecular complexity index is 567. The number of rotatable bonds is 5. The van der Waals surface area contributed by atoms with Crippen molar-refractivity contribution in [3.8, 4) is 0 Å². The van der Waals surface area contributed by atoms with Crippen molar-refractivity contribution in [2.24, 2.45) is 0 Å². The van der Waals surface area contributed by atoms with Crippen molar-refractivity contribution in [3.63, 3.8) is 0 Å². The van der Waals surface area contributed by atoms with Crippen molar-refractivity contribution in [2.75, 3.05) is 6.61 Å². The molecule has 0 unspecified atom stereocenters. The third kappa shape index (κ3) is 4.09. The number of carbonyl (C=O) groups is 1. The van der Waals surface area contributed by atoms with Crippen LogP contribution >= 0.6 is 0 Å². The van der Waals surface area contributed by atoms with Crippen LogP contribution in [0.1, 0.15) is 5.56 Å². The molecule has 0 amide bonds. The van der Waals surface area contributed by atoms with Crippen LogP contribution in [0, 0.1) is 0 Å². The zero-order valence-corrected chi connectivity index (χ0v) is 10.2. The molecule has 104 valence electrons. The summed E-state index contributed by atoms with van der Waals surface area (Å²) in [7, 11) is -6.32. The van der Waals surface area contributed by atoms with E-state index in [1.807, 2.05) is 0 Å². The highest BCUT2D eigenvalue weighted by Gasteiger charge is 2.55. The van der Waals surface area contributed by atoms with Gasteiger partial charge >= 0.3 is 21.4 Å². The SMILES string of the molecule is O=C(OC/C=C/c1ccccc1)C(F)(F)S(=O)(=O)F. The smallest absolute Gasteiger partial charge is 0.456 e. The second kappa shape index (κ2) is 5.87. The van der Waals surface area contributed by atoms with Gasteiger partial charge in [-0.05, 0) is 11.6 Å². The van der Waals surface area contributed by atoms with Crippen molar-refractivity contribution in [1.82, 2.24) is 0 Å². The summed E-state index contributed by atoms with van der Waals surface area (Å²) in [6.45, 7) is -0.598. The molecule has 0 aliphatic rings. The molecule has 1 aromatic rings. The molecule has 0 spiro atoms. The number of esters is 1. The van der Waals surface area contributed by atoms with Crippen LogP contribution in [0.25, 0.3) is 6.08 Å². The summed E-state index contributed by atoms with van der Waals surface area (Å²) in [5.41, 5.74) is 0.725. The monoisotopic (exact) mass is 294 g/mol. The third-order valence-electron chi connectivity index (χ3n) is 1.96. The minimum absolute atomic E-state index is 0.598. The highest BCUT2D eigenvalue weighted by Crippen LogP contribution is 2.24. The van der Waals surface area contributed by atoms with Gasteiger partial charge in [0, 0.05) is 0 Å². The molecule has 0 aliphatic heterocycles. The van der Waals surface area contributed by atoms with Crippen molar-refractivity contribution in [1.29, 1.82) is 0 Å². The van der Waals surface area contributed by atoms with E-state index in [1.54, 1.807) is 30.3 Å². The van der Waals surface area contributed by atoms with Gasteiger partial charge in [-0.2, -0.15) is 17.2 Å². The van der Waals surface area contributed by atoms with Crippen molar-refractivity contribution in [2.45, 2.75) is 5.25 Å². The van der Waals surface area contributed by atoms with Crippen LogP contribution in [0.3, 0.4) is 0 Å². The Balaban J connectivity index is 2.55. The maximum absolute atomic E-state index is 12.6. The van der Waals surface area contributed by atoms with Gasteiger partial charge in [-0.25, -0.2) is 4.79 Å². The molecule has 1 aromatic carbocycles. The van der Waals surface area contributed by atoms with Gasteiger partial charge in [-0.3, -0.25) is 0 Å². The van der Waals surface area contributed by atoms with E-state index in [-0.39, 0.29) is 0 Å². The zero-order valence-electron chi connectivity index (χ0n) is 9.42. The first-order valence-corrected chi connectivity index (χ1v) is 6.34. The van der Waals surface area contributed by atoms with Gasteiger partial charge in [0.05, 0.1) is 0 Å². The molecule has 0 bridgehead atoms. The van der Waals surface area contributed by atoms with E-state index in [9.17, 15) is 25.9 Å². The molecule has 19 heavy (non-hydrogen) atoms. The quantitative estimate of drug-likeness (QED) is 0.616. The molecule has 0 saturated heterocycles. The average Bonchev–Trinajstić information content (AvgIpc) is 2.34. The number of hydrogen-bond acceptors (Lipinski definition) is 4. The fourth-order valence-electron chi connectivity index (χ4n) is 1.06. The minimum Gasteiger partial charge on any atom is -0.456 e. The van der Waals surface area contributed by atoms with Gasteiger partial charge in [-0.15, -0.1) is 0 Å². The summed E-state index contributed by atoms with van der Waals surface area (Å²) >= 11 is 0. The molecule has 0 saturated carbocycles. The molecule has 8 heteroatoms. The normalized spacial score (nSPS) is 12.6. The fourth-order valence-corrected chi connectivity index (χ4v) is 1.31. The number of hydrogen-bond donors (Lipinski definition) is 0. The highest BCUT2D eigenvalue weighted by molar-refractivity contribution is 7.88. The largest absolute Gasteiger partial charge is 0.470 e. The molecular weight excluding hydrogens is 285 g/mol. The summed E-state index contributed by atoms with van der Waals surface area (Å²) in [6, 6.07) is 8.65. The average molecular weight is 294 g/mol. The fraction of sp³-hybridized carbons (Fsp3) is 0.182. The van der Waals surface area contributed by atoms with E-state index >= 15 is 0 Å². The molecule has 0 aromatic heterocycles. The number of carbonyl (C=O) groups excluding carboxylic acids is 1. The van der Waals surface area contributed by atoms with Gasteiger partial charge in [0.1, 0.15) is 6.61 Å². The predicted octanol–water partition coefficient (Wildman–Crippen LogP) is 2.14. The number of benzene rings is 1. The van der Waals surface area contributed by atoms with Gasteiger partial charge in [0.15, 0.2) is 0 Å². The molecule has 0 aliphatic carbocycles.